The molecule has 4 nitrogen and oxygen atoms in total. The predicted octanol–water partition coefficient (Wildman–Crippen LogP) is 3.36. The fourth-order valence-corrected chi connectivity index (χ4v) is 1.88. The number of rotatable bonds is 4. The van der Waals surface area contributed by atoms with Crippen molar-refractivity contribution in [2.45, 2.75) is 19.9 Å². The fraction of sp³-hybridized carbons (Fsp3) is 0.231. The maximum atomic E-state index is 10.7. The molecule has 0 saturated heterocycles. The topological polar surface area (TPSA) is 57.8 Å². The van der Waals surface area contributed by atoms with E-state index in [-0.39, 0.29) is 0 Å². The van der Waals surface area contributed by atoms with Crippen LogP contribution < -0.4 is 5.32 Å². The first-order valence-electron chi connectivity index (χ1n) is 5.66. The van der Waals surface area contributed by atoms with Gasteiger partial charge in [-0.3, -0.25) is 4.79 Å². The lowest BCUT2D eigenvalue weighted by atomic mass is 10.1. The van der Waals surface area contributed by atoms with Gasteiger partial charge in [0, 0.05) is 29.6 Å². The molecule has 0 spiro atoms. The molecule has 0 fully saturated rings. The number of H-pyrrole nitrogens is 1. The Labute approximate surface area is 110 Å². The van der Waals surface area contributed by atoms with Gasteiger partial charge in [-0.1, -0.05) is 11.6 Å². The minimum Gasteiger partial charge on any atom is -0.368 e. The van der Waals surface area contributed by atoms with E-state index >= 15 is 0 Å². The molecular weight excluding hydrogens is 250 g/mol. The van der Waals surface area contributed by atoms with Crippen LogP contribution in [0.1, 0.15) is 24.3 Å². The van der Waals surface area contributed by atoms with Crippen molar-refractivity contribution in [2.24, 2.45) is 0 Å². The molecule has 2 aromatic rings. The Morgan fingerprint density at radius 1 is 1.44 bits per heavy atom. The number of aldehydes is 1. The van der Waals surface area contributed by atoms with Crippen LogP contribution in [0.5, 0.6) is 0 Å². The van der Waals surface area contributed by atoms with Crippen LogP contribution in [-0.4, -0.2) is 22.3 Å². The van der Waals surface area contributed by atoms with E-state index in [2.05, 4.69) is 15.3 Å². The van der Waals surface area contributed by atoms with Crippen molar-refractivity contribution in [3.05, 3.63) is 35.2 Å². The van der Waals surface area contributed by atoms with Crippen LogP contribution in [0.15, 0.2) is 24.5 Å². The number of nitrogens with one attached hydrogen (secondary N) is 2. The molecule has 18 heavy (non-hydrogen) atoms. The molecule has 0 atom stereocenters. The number of carbonyl (C=O) groups is 1. The number of aromatic amines is 1. The van der Waals surface area contributed by atoms with E-state index in [9.17, 15) is 4.79 Å². The van der Waals surface area contributed by atoms with Gasteiger partial charge in [-0.15, -0.1) is 0 Å². The van der Waals surface area contributed by atoms with Gasteiger partial charge < -0.3 is 10.3 Å². The van der Waals surface area contributed by atoms with Gasteiger partial charge in [0.1, 0.15) is 5.82 Å². The van der Waals surface area contributed by atoms with Gasteiger partial charge in [-0.05, 0) is 26.0 Å². The molecule has 0 saturated carbocycles. The maximum Gasteiger partial charge on any atom is 0.166 e. The third-order valence-corrected chi connectivity index (χ3v) is 2.74. The number of hydrogen-bond donors (Lipinski definition) is 2. The maximum absolute atomic E-state index is 10.7. The van der Waals surface area contributed by atoms with Crippen molar-refractivity contribution in [3.63, 3.8) is 0 Å². The molecule has 94 valence electrons. The van der Waals surface area contributed by atoms with E-state index in [1.54, 1.807) is 18.5 Å². The van der Waals surface area contributed by atoms with Crippen LogP contribution in [0, 0.1) is 0 Å². The zero-order valence-corrected chi connectivity index (χ0v) is 11.0. The average Bonchev–Trinajstić information content (AvgIpc) is 2.79. The Bertz CT molecular complexity index is 563. The van der Waals surface area contributed by atoms with Crippen molar-refractivity contribution >= 4 is 23.7 Å². The van der Waals surface area contributed by atoms with Gasteiger partial charge in [0.05, 0.1) is 10.7 Å². The van der Waals surface area contributed by atoms with Crippen LogP contribution in [0.4, 0.5) is 5.82 Å². The summed E-state index contributed by atoms with van der Waals surface area (Å²) in [4.78, 5) is 17.7. The summed E-state index contributed by atoms with van der Waals surface area (Å²) >= 11 is 6.13. The number of anilines is 1. The Kier molecular flexibility index (Phi) is 3.67. The lowest BCUT2D eigenvalue weighted by Gasteiger charge is -2.10. The van der Waals surface area contributed by atoms with Crippen molar-refractivity contribution in [1.82, 2.24) is 9.97 Å². The SMILES string of the molecule is CC(C)Nc1cc(-c2c[nH]c(C=O)c2)c(Cl)cn1. The Morgan fingerprint density at radius 3 is 2.83 bits per heavy atom. The van der Waals surface area contributed by atoms with E-state index in [0.717, 1.165) is 23.2 Å². The van der Waals surface area contributed by atoms with Crippen LogP contribution in [0.3, 0.4) is 0 Å². The first-order valence-corrected chi connectivity index (χ1v) is 6.04. The first kappa shape index (κ1) is 12.6. The lowest BCUT2D eigenvalue weighted by Crippen LogP contribution is -2.10. The highest BCUT2D eigenvalue weighted by Gasteiger charge is 2.08. The van der Waals surface area contributed by atoms with Gasteiger partial charge in [-0.2, -0.15) is 0 Å². The third kappa shape index (κ3) is 2.71. The highest BCUT2D eigenvalue weighted by Crippen LogP contribution is 2.29. The molecule has 2 N–H and O–H groups in total. The zero-order chi connectivity index (χ0) is 13.1. The third-order valence-electron chi connectivity index (χ3n) is 2.44. The monoisotopic (exact) mass is 263 g/mol. The van der Waals surface area contributed by atoms with E-state index in [1.165, 1.54) is 0 Å². The molecule has 0 unspecified atom stereocenters. The molecule has 0 aromatic carbocycles. The minimum absolute atomic E-state index is 0.295. The van der Waals surface area contributed by atoms with E-state index in [1.807, 2.05) is 19.9 Å². The van der Waals surface area contributed by atoms with E-state index in [0.29, 0.717) is 16.8 Å². The Morgan fingerprint density at radius 2 is 2.22 bits per heavy atom. The van der Waals surface area contributed by atoms with Gasteiger partial charge in [0.15, 0.2) is 6.29 Å². The molecule has 2 rings (SSSR count). The van der Waals surface area contributed by atoms with Gasteiger partial charge in [0.2, 0.25) is 0 Å². The highest BCUT2D eigenvalue weighted by atomic mass is 35.5. The second-order valence-corrected chi connectivity index (χ2v) is 4.72. The number of pyridine rings is 1. The molecule has 0 aliphatic rings. The van der Waals surface area contributed by atoms with Crippen molar-refractivity contribution < 1.29 is 4.79 Å². The molecule has 5 heteroatoms. The average molecular weight is 264 g/mol. The second-order valence-electron chi connectivity index (χ2n) is 4.31. The van der Waals surface area contributed by atoms with Crippen LogP contribution in [0.2, 0.25) is 5.02 Å². The summed E-state index contributed by atoms with van der Waals surface area (Å²) in [7, 11) is 0. The van der Waals surface area contributed by atoms with Crippen molar-refractivity contribution in [1.29, 1.82) is 0 Å². The number of halogens is 1. The minimum atomic E-state index is 0.295. The normalized spacial score (nSPS) is 10.7. The summed E-state index contributed by atoms with van der Waals surface area (Å²) in [5, 5.41) is 3.77. The molecular formula is C13H14ClN3O. The quantitative estimate of drug-likeness (QED) is 0.832. The highest BCUT2D eigenvalue weighted by molar-refractivity contribution is 6.33. The summed E-state index contributed by atoms with van der Waals surface area (Å²) in [5.74, 6) is 0.762. The van der Waals surface area contributed by atoms with E-state index in [4.69, 9.17) is 11.6 Å². The molecule has 0 bridgehead atoms. The summed E-state index contributed by atoms with van der Waals surface area (Å²) in [6, 6.07) is 3.93. The lowest BCUT2D eigenvalue weighted by molar-refractivity contribution is 0.111. The summed E-state index contributed by atoms with van der Waals surface area (Å²) in [5.41, 5.74) is 2.24. The fourth-order valence-electron chi connectivity index (χ4n) is 1.67. The molecule has 0 radical (unpaired) electrons. The molecule has 0 aliphatic carbocycles. The number of aromatic nitrogens is 2. The Hall–Kier alpha value is -1.81. The number of nitrogens with zero attached hydrogens (tertiary/aromatic N) is 1. The summed E-state index contributed by atoms with van der Waals surface area (Å²) < 4.78 is 0. The molecule has 0 aliphatic heterocycles. The van der Waals surface area contributed by atoms with Gasteiger partial charge in [0.25, 0.3) is 0 Å². The summed E-state index contributed by atoms with van der Waals surface area (Å²) in [6.45, 7) is 4.08. The molecule has 0 amide bonds. The van der Waals surface area contributed by atoms with Crippen molar-refractivity contribution in [3.8, 4) is 11.1 Å². The van der Waals surface area contributed by atoms with E-state index < -0.39 is 0 Å². The Balaban J connectivity index is 2.39. The standard InChI is InChI=1S/C13H14ClN3O/c1-8(2)17-13-4-11(12(14)6-16-13)9-3-10(7-18)15-5-9/h3-8,15H,1-2H3,(H,16,17). The van der Waals surface area contributed by atoms with Crippen LogP contribution >= 0.6 is 11.6 Å². The smallest absolute Gasteiger partial charge is 0.166 e. The van der Waals surface area contributed by atoms with Gasteiger partial charge >= 0.3 is 0 Å². The number of carbonyl (C=O) groups excluding carboxylic acids is 1. The first-order chi connectivity index (χ1) is 8.60. The van der Waals surface area contributed by atoms with Gasteiger partial charge in [-0.25, -0.2) is 4.98 Å². The largest absolute Gasteiger partial charge is 0.368 e. The zero-order valence-electron chi connectivity index (χ0n) is 10.2. The van der Waals surface area contributed by atoms with Crippen LogP contribution in [0.25, 0.3) is 11.1 Å². The summed E-state index contributed by atoms with van der Waals surface area (Å²) in [6.07, 6.45) is 4.13. The molecule has 2 aromatic heterocycles. The van der Waals surface area contributed by atoms with Crippen LogP contribution in [-0.2, 0) is 0 Å². The van der Waals surface area contributed by atoms with Crippen molar-refractivity contribution in [2.75, 3.05) is 5.32 Å². The molecule has 2 heterocycles. The second kappa shape index (κ2) is 5.23. The predicted molar refractivity (Wildman–Crippen MR) is 73.2 cm³/mol. The number of hydrogen-bond acceptors (Lipinski definition) is 3.